The van der Waals surface area contributed by atoms with E-state index in [4.69, 9.17) is 4.74 Å². The summed E-state index contributed by atoms with van der Waals surface area (Å²) in [6.45, 7) is 1.79. The molecule has 0 spiro atoms. The van der Waals surface area contributed by atoms with Crippen molar-refractivity contribution >= 4 is 23.2 Å². The Labute approximate surface area is 193 Å². The number of nitrogens with one attached hydrogen (secondary N) is 1. The van der Waals surface area contributed by atoms with Gasteiger partial charge in [0.2, 0.25) is 0 Å². The van der Waals surface area contributed by atoms with Crippen molar-refractivity contribution in [2.75, 3.05) is 19.8 Å². The van der Waals surface area contributed by atoms with Crippen LogP contribution in [0.1, 0.15) is 29.5 Å². The maximum atomic E-state index is 13.4. The first-order chi connectivity index (χ1) is 16.1. The van der Waals surface area contributed by atoms with E-state index < -0.39 is 4.92 Å². The minimum Gasteiger partial charge on any atom is -0.381 e. The van der Waals surface area contributed by atoms with E-state index in [1.165, 1.54) is 17.7 Å². The minimum absolute atomic E-state index is 0.0122. The fourth-order valence-corrected chi connectivity index (χ4v) is 4.26. The molecule has 33 heavy (non-hydrogen) atoms. The van der Waals surface area contributed by atoms with Gasteiger partial charge in [-0.25, -0.2) is 0 Å². The van der Waals surface area contributed by atoms with Gasteiger partial charge in [0.1, 0.15) is 0 Å². The Morgan fingerprint density at radius 2 is 1.64 bits per heavy atom. The molecule has 0 unspecified atom stereocenters. The van der Waals surface area contributed by atoms with Crippen molar-refractivity contribution in [3.63, 3.8) is 0 Å². The van der Waals surface area contributed by atoms with Crippen molar-refractivity contribution in [1.82, 2.24) is 5.32 Å². The molecular weight excluding hydrogens is 416 g/mol. The van der Waals surface area contributed by atoms with Gasteiger partial charge in [-0.1, -0.05) is 72.8 Å². The van der Waals surface area contributed by atoms with E-state index in [2.05, 4.69) is 17.4 Å². The lowest BCUT2D eigenvalue weighted by atomic mass is 9.74. The summed E-state index contributed by atoms with van der Waals surface area (Å²) in [6, 6.07) is 25.9. The molecule has 0 atom stereocenters. The van der Waals surface area contributed by atoms with E-state index >= 15 is 0 Å². The number of carbonyl (C=O) groups is 1. The second-order valence-electron chi connectivity index (χ2n) is 8.22. The van der Waals surface area contributed by atoms with E-state index in [0.29, 0.717) is 30.9 Å². The van der Waals surface area contributed by atoms with Crippen LogP contribution in [0.3, 0.4) is 0 Å². The van der Waals surface area contributed by atoms with Crippen LogP contribution in [0.5, 0.6) is 0 Å². The van der Waals surface area contributed by atoms with Crippen molar-refractivity contribution in [3.05, 3.63) is 112 Å². The third kappa shape index (κ3) is 5.35. The summed E-state index contributed by atoms with van der Waals surface area (Å²) >= 11 is 0. The summed E-state index contributed by atoms with van der Waals surface area (Å²) in [4.78, 5) is 24.2. The molecule has 1 fully saturated rings. The third-order valence-electron chi connectivity index (χ3n) is 6.14. The summed E-state index contributed by atoms with van der Waals surface area (Å²) in [5.74, 6) is -0.213. The van der Waals surface area contributed by atoms with Gasteiger partial charge in [-0.15, -0.1) is 0 Å². The van der Waals surface area contributed by atoms with E-state index in [9.17, 15) is 14.9 Å². The van der Waals surface area contributed by atoms with E-state index in [-0.39, 0.29) is 17.0 Å². The smallest absolute Gasteiger partial charge is 0.270 e. The summed E-state index contributed by atoms with van der Waals surface area (Å²) in [5, 5.41) is 14.3. The number of non-ortho nitro benzene ring substituents is 1. The van der Waals surface area contributed by atoms with Gasteiger partial charge in [0.15, 0.2) is 0 Å². The van der Waals surface area contributed by atoms with Gasteiger partial charge in [-0.2, -0.15) is 0 Å². The third-order valence-corrected chi connectivity index (χ3v) is 6.14. The second kappa shape index (κ2) is 10.2. The van der Waals surface area contributed by atoms with Crippen LogP contribution in [0.2, 0.25) is 0 Å². The van der Waals surface area contributed by atoms with Crippen LogP contribution in [0, 0.1) is 10.1 Å². The molecule has 3 aromatic carbocycles. The summed E-state index contributed by atoms with van der Waals surface area (Å²) < 4.78 is 5.60. The molecule has 6 heteroatoms. The van der Waals surface area contributed by atoms with Crippen LogP contribution in [-0.2, 0) is 14.9 Å². The van der Waals surface area contributed by atoms with Gasteiger partial charge < -0.3 is 10.1 Å². The number of rotatable bonds is 7. The highest BCUT2D eigenvalue weighted by molar-refractivity contribution is 6.24. The molecule has 0 aromatic heterocycles. The van der Waals surface area contributed by atoms with Gasteiger partial charge in [0.25, 0.3) is 11.6 Å². The average molecular weight is 443 g/mol. The van der Waals surface area contributed by atoms with Gasteiger partial charge >= 0.3 is 0 Å². The molecule has 1 saturated heterocycles. The van der Waals surface area contributed by atoms with Gasteiger partial charge in [0.05, 0.1) is 4.92 Å². The summed E-state index contributed by atoms with van der Waals surface area (Å²) in [7, 11) is 0. The lowest BCUT2D eigenvalue weighted by molar-refractivity contribution is -0.384. The molecule has 3 aromatic rings. The average Bonchev–Trinajstić information content (AvgIpc) is 2.87. The largest absolute Gasteiger partial charge is 0.381 e. The highest BCUT2D eigenvalue weighted by Crippen LogP contribution is 2.34. The predicted molar refractivity (Wildman–Crippen MR) is 129 cm³/mol. The molecule has 0 saturated carbocycles. The molecule has 1 amide bonds. The van der Waals surface area contributed by atoms with Gasteiger partial charge in [-0.3, -0.25) is 14.9 Å². The minimum atomic E-state index is -0.436. The zero-order chi connectivity index (χ0) is 23.1. The number of amides is 1. The number of benzene rings is 3. The fourth-order valence-electron chi connectivity index (χ4n) is 4.26. The van der Waals surface area contributed by atoms with Crippen molar-refractivity contribution in [2.45, 2.75) is 18.3 Å². The Morgan fingerprint density at radius 3 is 2.30 bits per heavy atom. The van der Waals surface area contributed by atoms with Crippen molar-refractivity contribution in [2.24, 2.45) is 0 Å². The van der Waals surface area contributed by atoms with Crippen LogP contribution in [0.25, 0.3) is 11.6 Å². The second-order valence-corrected chi connectivity index (χ2v) is 8.22. The molecule has 0 aliphatic carbocycles. The lowest BCUT2D eigenvalue weighted by Crippen LogP contribution is -2.44. The molecule has 6 nitrogen and oxygen atoms in total. The molecule has 1 aliphatic rings. The molecular formula is C27H26N2O4. The first-order valence-electron chi connectivity index (χ1n) is 11.0. The number of hydrogen-bond acceptors (Lipinski definition) is 4. The number of nitrogens with zero attached hydrogens (tertiary/aromatic N) is 1. The molecule has 0 bridgehead atoms. The van der Waals surface area contributed by atoms with E-state index in [1.807, 2.05) is 48.5 Å². The molecule has 168 valence electrons. The number of nitro groups is 1. The first kappa shape index (κ1) is 22.4. The topological polar surface area (TPSA) is 81.5 Å². The van der Waals surface area contributed by atoms with Crippen LogP contribution in [-0.4, -0.2) is 30.6 Å². The molecule has 4 rings (SSSR count). The normalized spacial score (nSPS) is 15.6. The van der Waals surface area contributed by atoms with Crippen LogP contribution < -0.4 is 5.32 Å². The van der Waals surface area contributed by atoms with Crippen LogP contribution in [0.4, 0.5) is 5.69 Å². The molecule has 1 aliphatic heterocycles. The Hall–Kier alpha value is -3.77. The monoisotopic (exact) mass is 442 g/mol. The first-order valence-corrected chi connectivity index (χ1v) is 11.0. The highest BCUT2D eigenvalue weighted by atomic mass is 16.6. The van der Waals surface area contributed by atoms with Gasteiger partial charge in [-0.05, 0) is 35.6 Å². The zero-order valence-corrected chi connectivity index (χ0v) is 18.3. The Morgan fingerprint density at radius 1 is 0.970 bits per heavy atom. The number of carbonyl (C=O) groups excluding carboxylic acids is 1. The number of nitro benzene ring substituents is 1. The lowest BCUT2D eigenvalue weighted by Gasteiger charge is -2.38. The fraction of sp³-hybridized carbons (Fsp3) is 0.222. The number of ether oxygens (including phenoxy) is 1. The van der Waals surface area contributed by atoms with Crippen molar-refractivity contribution in [1.29, 1.82) is 0 Å². The SMILES string of the molecule is O=C(NCC1(c2ccccc2)CCOCC1)/C(=C/c1cccc([N+](=O)[O-])c1)c1ccccc1. The summed E-state index contributed by atoms with van der Waals surface area (Å²) in [6.07, 6.45) is 3.36. The Bertz CT molecular complexity index is 1140. The standard InChI is InChI=1S/C27H26N2O4/c30-26(28-20-27(14-16-33-17-15-27)23-11-5-2-6-12-23)25(22-9-3-1-4-10-22)19-21-8-7-13-24(18-21)29(31)32/h1-13,18-19H,14-17,20H2,(H,28,30)/b25-19+. The predicted octanol–water partition coefficient (Wildman–Crippen LogP) is 5.00. The molecule has 1 N–H and O–H groups in total. The van der Waals surface area contributed by atoms with Crippen LogP contribution in [0.15, 0.2) is 84.9 Å². The zero-order valence-electron chi connectivity index (χ0n) is 18.3. The Balaban J connectivity index is 1.63. The van der Waals surface area contributed by atoms with Crippen molar-refractivity contribution in [3.8, 4) is 0 Å². The number of hydrogen-bond donors (Lipinski definition) is 1. The van der Waals surface area contributed by atoms with E-state index in [0.717, 1.165) is 18.4 Å². The quantitative estimate of drug-likeness (QED) is 0.242. The maximum absolute atomic E-state index is 13.4. The van der Waals surface area contributed by atoms with Gasteiger partial charge in [0, 0.05) is 42.9 Å². The van der Waals surface area contributed by atoms with Crippen LogP contribution >= 0.6 is 0 Å². The van der Waals surface area contributed by atoms with E-state index in [1.54, 1.807) is 18.2 Å². The summed E-state index contributed by atoms with van der Waals surface area (Å²) in [5.41, 5.74) is 2.80. The highest BCUT2D eigenvalue weighted by Gasteiger charge is 2.35. The maximum Gasteiger partial charge on any atom is 0.270 e. The Kier molecular flexibility index (Phi) is 6.95. The molecule has 0 radical (unpaired) electrons. The van der Waals surface area contributed by atoms with Crippen molar-refractivity contribution < 1.29 is 14.5 Å². The molecule has 1 heterocycles.